The molecule has 8 fully saturated rings. The van der Waals surface area contributed by atoms with E-state index in [1.807, 2.05) is 12.2 Å². The third-order valence-electron chi connectivity index (χ3n) is 16.4. The fourth-order valence-electron chi connectivity index (χ4n) is 12.2. The van der Waals surface area contributed by atoms with E-state index in [-0.39, 0.29) is 85.1 Å². The fourth-order valence-corrected chi connectivity index (χ4v) is 15.0. The van der Waals surface area contributed by atoms with Gasteiger partial charge in [-0.3, -0.25) is 0 Å². The lowest BCUT2D eigenvalue weighted by Crippen LogP contribution is -2.54. The second-order valence-electron chi connectivity index (χ2n) is 20.4. The van der Waals surface area contributed by atoms with Crippen molar-refractivity contribution in [1.82, 2.24) is 0 Å². The average molecular weight is 855 g/mol. The maximum atomic E-state index is 11.0. The van der Waals surface area contributed by atoms with Crippen molar-refractivity contribution in [1.29, 1.82) is 0 Å². The van der Waals surface area contributed by atoms with Gasteiger partial charge in [-0.25, -0.2) is 0 Å². The highest BCUT2D eigenvalue weighted by Crippen LogP contribution is 2.54. The van der Waals surface area contributed by atoms with Gasteiger partial charge in [0.25, 0.3) is 0 Å². The SMILES string of the molecule is C=CCC(O)C[C@H]1C(C[C@H]2O[C@@H](CCC3O[C@@H](CC[C@@]45C[C@H]6O[C@@H]7[C@@H](O[C@@H](CC=C)[C@H](C)[C@@H]7O4)[C@H]6O5)CC3=C)C[C@@H](C)C2=C)OC(C[C@H](C)CO[Si](CC)(CC)CC)[C@@H]1C. The van der Waals surface area contributed by atoms with Crippen molar-refractivity contribution in [2.75, 3.05) is 6.61 Å². The van der Waals surface area contributed by atoms with Crippen LogP contribution in [0.15, 0.2) is 49.6 Å². The minimum Gasteiger partial charge on any atom is -0.417 e. The van der Waals surface area contributed by atoms with Crippen LogP contribution in [0.4, 0.5) is 0 Å². The largest absolute Gasteiger partial charge is 0.417 e. The van der Waals surface area contributed by atoms with Crippen LogP contribution in [-0.2, 0) is 37.6 Å². The molecule has 8 rings (SSSR count). The quantitative estimate of drug-likeness (QED) is 0.0844. The first kappa shape index (κ1) is 46.8. The summed E-state index contributed by atoms with van der Waals surface area (Å²) in [5.41, 5.74) is 2.34. The molecule has 10 heteroatoms. The van der Waals surface area contributed by atoms with E-state index in [1.165, 1.54) is 29.3 Å². The molecule has 8 saturated heterocycles. The molecule has 0 aromatic carbocycles. The summed E-state index contributed by atoms with van der Waals surface area (Å²) < 4.78 is 54.1. The number of ether oxygens (including phenoxy) is 7. The third-order valence-corrected chi connectivity index (χ3v) is 21.0. The van der Waals surface area contributed by atoms with Crippen LogP contribution in [0.2, 0.25) is 18.1 Å². The molecule has 340 valence electrons. The molecule has 6 bridgehead atoms. The first-order chi connectivity index (χ1) is 28.7. The van der Waals surface area contributed by atoms with E-state index >= 15 is 0 Å². The molecule has 0 spiro atoms. The molecule has 19 atom stereocenters. The second kappa shape index (κ2) is 19.9. The van der Waals surface area contributed by atoms with Crippen LogP contribution in [0.3, 0.4) is 0 Å². The van der Waals surface area contributed by atoms with E-state index in [9.17, 15) is 5.11 Å². The molecular formula is C50H82O9Si. The Bertz CT molecular complexity index is 1480. The lowest BCUT2D eigenvalue weighted by atomic mass is 9.78. The van der Waals surface area contributed by atoms with Crippen molar-refractivity contribution < 1.29 is 42.7 Å². The summed E-state index contributed by atoms with van der Waals surface area (Å²) >= 11 is 0. The maximum Gasteiger partial charge on any atom is 0.191 e. The van der Waals surface area contributed by atoms with Crippen LogP contribution in [0, 0.1) is 29.6 Å². The van der Waals surface area contributed by atoms with Crippen LogP contribution in [0.25, 0.3) is 0 Å². The molecule has 0 saturated carbocycles. The smallest absolute Gasteiger partial charge is 0.191 e. The van der Waals surface area contributed by atoms with Gasteiger partial charge in [0.2, 0.25) is 0 Å². The highest BCUT2D eigenvalue weighted by atomic mass is 28.4. The summed E-state index contributed by atoms with van der Waals surface area (Å²) in [5, 5.41) is 11.0. The van der Waals surface area contributed by atoms with Crippen molar-refractivity contribution in [2.24, 2.45) is 29.6 Å². The van der Waals surface area contributed by atoms with Gasteiger partial charge < -0.3 is 42.7 Å². The minimum atomic E-state index is -1.65. The molecular weight excluding hydrogens is 773 g/mol. The molecule has 0 radical (unpaired) electrons. The molecule has 8 aliphatic rings. The molecule has 1 N–H and O–H groups in total. The van der Waals surface area contributed by atoms with Crippen LogP contribution < -0.4 is 0 Å². The Balaban J connectivity index is 0.918. The monoisotopic (exact) mass is 855 g/mol. The summed E-state index contributed by atoms with van der Waals surface area (Å²) in [6, 6.07) is 3.50. The molecule has 0 aliphatic carbocycles. The highest BCUT2D eigenvalue weighted by molar-refractivity contribution is 6.73. The number of hydrogen-bond acceptors (Lipinski definition) is 9. The Morgan fingerprint density at radius 3 is 2.23 bits per heavy atom. The lowest BCUT2D eigenvalue weighted by molar-refractivity contribution is -0.262. The van der Waals surface area contributed by atoms with Gasteiger partial charge in [-0.2, -0.15) is 0 Å². The Kier molecular flexibility index (Phi) is 15.5. The molecule has 60 heavy (non-hydrogen) atoms. The molecule has 4 unspecified atom stereocenters. The number of aliphatic hydroxyl groups excluding tert-OH is 1. The summed E-state index contributed by atoms with van der Waals surface area (Å²) in [6.45, 7) is 33.8. The van der Waals surface area contributed by atoms with E-state index < -0.39 is 20.2 Å². The summed E-state index contributed by atoms with van der Waals surface area (Å²) in [5.74, 6) is 0.874. The summed E-state index contributed by atoms with van der Waals surface area (Å²) in [4.78, 5) is 0. The van der Waals surface area contributed by atoms with Gasteiger partial charge in [0.05, 0.1) is 61.0 Å². The van der Waals surface area contributed by atoms with E-state index in [1.54, 1.807) is 0 Å². The van der Waals surface area contributed by atoms with Crippen molar-refractivity contribution >= 4 is 8.32 Å². The van der Waals surface area contributed by atoms with Crippen molar-refractivity contribution in [3.05, 3.63) is 49.6 Å². The van der Waals surface area contributed by atoms with Gasteiger partial charge in [0, 0.05) is 31.8 Å². The lowest BCUT2D eigenvalue weighted by Gasteiger charge is -2.42. The molecule has 0 aromatic rings. The van der Waals surface area contributed by atoms with Crippen LogP contribution in [0.1, 0.15) is 126 Å². The highest BCUT2D eigenvalue weighted by Gasteiger charge is 2.67. The summed E-state index contributed by atoms with van der Waals surface area (Å²) in [7, 11) is -1.65. The predicted octanol–water partition coefficient (Wildman–Crippen LogP) is 10.0. The normalized spacial score (nSPS) is 43.4. The van der Waals surface area contributed by atoms with Crippen molar-refractivity contribution in [3.8, 4) is 0 Å². The van der Waals surface area contributed by atoms with Crippen molar-refractivity contribution in [2.45, 2.75) is 229 Å². The fraction of sp³-hybridized carbons (Fsp3) is 0.840. The zero-order chi connectivity index (χ0) is 42.9. The van der Waals surface area contributed by atoms with Gasteiger partial charge in [-0.15, -0.1) is 13.2 Å². The van der Waals surface area contributed by atoms with E-state index in [2.05, 4.69) is 74.8 Å². The third kappa shape index (κ3) is 9.89. The standard InChI is InChI=1S/C50H82O9Si/c1-12-17-36(51)26-39-34(10)42(23-30(6)29-52-60(14-3,15-4)16-5)55-44(39)27-43-33(9)31(7)24-37(54-43)19-20-40-32(8)25-38(53-40)21-22-50-28-45-47(59-50)49-48(57-45)46(58-50)35(11)41(56-49)18-13-2/h12-13,30-31,34-49,51H,1-2,8-9,14-29H2,3-7,10-11H3/t30-,31+,34+,35-,36?,37-,38-,39+,40?,41-,42?,43+,44?,45+,46-,47-,48-,49-,50+/m0/s1. The number of hydrogen-bond donors (Lipinski definition) is 1. The van der Waals surface area contributed by atoms with E-state index in [0.29, 0.717) is 30.6 Å². The Hall–Kier alpha value is -1.18. The second-order valence-corrected chi connectivity index (χ2v) is 25.2. The van der Waals surface area contributed by atoms with Crippen LogP contribution in [0.5, 0.6) is 0 Å². The molecule has 9 nitrogen and oxygen atoms in total. The molecule has 8 aliphatic heterocycles. The molecule has 0 aromatic heterocycles. The van der Waals surface area contributed by atoms with Gasteiger partial charge in [-0.1, -0.05) is 73.8 Å². The van der Waals surface area contributed by atoms with E-state index in [0.717, 1.165) is 70.8 Å². The summed E-state index contributed by atoms with van der Waals surface area (Å²) in [6.07, 6.45) is 13.3. The zero-order valence-electron chi connectivity index (χ0n) is 38.4. The zero-order valence-corrected chi connectivity index (χ0v) is 39.4. The van der Waals surface area contributed by atoms with E-state index in [4.69, 9.17) is 37.6 Å². The average Bonchev–Trinajstić information content (AvgIpc) is 3.89. The topological polar surface area (TPSA) is 94.1 Å². The number of aliphatic hydroxyl groups is 1. The minimum absolute atomic E-state index is 0.00311. The van der Waals surface area contributed by atoms with Gasteiger partial charge in [0.1, 0.15) is 18.3 Å². The first-order valence-corrected chi connectivity index (χ1v) is 26.8. The van der Waals surface area contributed by atoms with Crippen LogP contribution >= 0.6 is 0 Å². The first-order valence-electron chi connectivity index (χ1n) is 24.3. The molecule has 8 heterocycles. The maximum absolute atomic E-state index is 11.0. The van der Waals surface area contributed by atoms with Gasteiger partial charge >= 0.3 is 0 Å². The van der Waals surface area contributed by atoms with Crippen LogP contribution in [-0.4, -0.2) is 105 Å². The Labute approximate surface area is 364 Å². The Morgan fingerprint density at radius 2 is 1.52 bits per heavy atom. The van der Waals surface area contributed by atoms with Crippen molar-refractivity contribution in [3.63, 3.8) is 0 Å². The predicted molar refractivity (Wildman–Crippen MR) is 239 cm³/mol. The molecule has 0 amide bonds. The Morgan fingerprint density at radius 1 is 0.800 bits per heavy atom. The van der Waals surface area contributed by atoms with Gasteiger partial charge in [0.15, 0.2) is 14.1 Å². The number of rotatable bonds is 22. The van der Waals surface area contributed by atoms with Gasteiger partial charge in [-0.05, 0) is 111 Å².